The molecule has 0 radical (unpaired) electrons. The number of carbonyl (C=O) groups excluding carboxylic acids is 1. The molecule has 0 bridgehead atoms. The summed E-state index contributed by atoms with van der Waals surface area (Å²) in [6.07, 6.45) is 5.84. The second kappa shape index (κ2) is 7.77. The molecule has 2 aliphatic rings. The van der Waals surface area contributed by atoms with Gasteiger partial charge in [-0.2, -0.15) is 0 Å². The van der Waals surface area contributed by atoms with Crippen LogP contribution in [-0.4, -0.2) is 37.6 Å². The number of nitrogens with one attached hydrogen (secondary N) is 1. The number of ether oxygens (including phenoxy) is 1. The van der Waals surface area contributed by atoms with Gasteiger partial charge in [-0.05, 0) is 74.0 Å². The van der Waals surface area contributed by atoms with Crippen LogP contribution in [0.15, 0.2) is 47.1 Å². The second-order valence-electron chi connectivity index (χ2n) is 7.87. The van der Waals surface area contributed by atoms with Crippen LogP contribution in [0.2, 0.25) is 0 Å². The van der Waals surface area contributed by atoms with Crippen molar-refractivity contribution >= 4 is 5.91 Å². The van der Waals surface area contributed by atoms with Crippen molar-refractivity contribution in [3.8, 4) is 5.75 Å². The number of furan rings is 1. The molecule has 2 fully saturated rings. The maximum atomic E-state index is 12.6. The molecule has 1 aliphatic heterocycles. The predicted octanol–water partition coefficient (Wildman–Crippen LogP) is 3.25. The van der Waals surface area contributed by atoms with Crippen LogP contribution in [0.4, 0.5) is 0 Å². The molecule has 1 atom stereocenters. The van der Waals surface area contributed by atoms with Crippen LogP contribution in [0, 0.1) is 11.3 Å². The summed E-state index contributed by atoms with van der Waals surface area (Å²) < 4.78 is 10.7. The molecule has 5 nitrogen and oxygen atoms in total. The van der Waals surface area contributed by atoms with Gasteiger partial charge in [-0.15, -0.1) is 0 Å². The van der Waals surface area contributed by atoms with E-state index in [0.29, 0.717) is 6.54 Å². The van der Waals surface area contributed by atoms with Gasteiger partial charge in [-0.3, -0.25) is 9.69 Å². The van der Waals surface area contributed by atoms with Gasteiger partial charge in [0, 0.05) is 12.5 Å². The van der Waals surface area contributed by atoms with Crippen LogP contribution in [0.25, 0.3) is 0 Å². The molecule has 2 heterocycles. The van der Waals surface area contributed by atoms with E-state index in [2.05, 4.69) is 16.3 Å². The Bertz CT molecular complexity index is 764. The quantitative estimate of drug-likeness (QED) is 0.815. The van der Waals surface area contributed by atoms with Crippen LogP contribution in [0.1, 0.15) is 30.6 Å². The third-order valence-corrected chi connectivity index (χ3v) is 6.16. The zero-order valence-electron chi connectivity index (χ0n) is 15.9. The van der Waals surface area contributed by atoms with E-state index in [1.54, 1.807) is 13.4 Å². The second-order valence-corrected chi connectivity index (χ2v) is 7.87. The summed E-state index contributed by atoms with van der Waals surface area (Å²) in [6.45, 7) is 3.66. The number of piperidine rings is 1. The molecular formula is C22H28N2O3. The van der Waals surface area contributed by atoms with Gasteiger partial charge in [0.1, 0.15) is 11.5 Å². The summed E-state index contributed by atoms with van der Waals surface area (Å²) in [6, 6.07) is 12.0. The zero-order valence-corrected chi connectivity index (χ0v) is 15.9. The first-order valence-electron chi connectivity index (χ1n) is 9.84. The summed E-state index contributed by atoms with van der Waals surface area (Å²) in [5.41, 5.74) is 1.44. The molecule has 144 valence electrons. The molecule has 1 N–H and O–H groups in total. The smallest absolute Gasteiger partial charge is 0.223 e. The number of rotatable bonds is 7. The molecular weight excluding hydrogens is 340 g/mol. The lowest BCUT2D eigenvalue weighted by molar-refractivity contribution is -0.123. The van der Waals surface area contributed by atoms with Gasteiger partial charge in [0.25, 0.3) is 0 Å². The van der Waals surface area contributed by atoms with Gasteiger partial charge < -0.3 is 14.5 Å². The fraction of sp³-hybridized carbons (Fsp3) is 0.500. The fourth-order valence-electron chi connectivity index (χ4n) is 4.33. The lowest BCUT2D eigenvalue weighted by Crippen LogP contribution is -2.37. The number of methoxy groups -OCH3 is 1. The van der Waals surface area contributed by atoms with Crippen molar-refractivity contribution in [2.45, 2.75) is 32.2 Å². The zero-order chi connectivity index (χ0) is 18.7. The average molecular weight is 368 g/mol. The average Bonchev–Trinajstić information content (AvgIpc) is 3.14. The first-order chi connectivity index (χ1) is 13.2. The molecule has 1 saturated heterocycles. The van der Waals surface area contributed by atoms with Gasteiger partial charge >= 0.3 is 0 Å². The molecule has 1 unspecified atom stereocenters. The van der Waals surface area contributed by atoms with Gasteiger partial charge in [-0.1, -0.05) is 12.1 Å². The Morgan fingerprint density at radius 3 is 2.89 bits per heavy atom. The van der Waals surface area contributed by atoms with Crippen LogP contribution in [-0.2, 0) is 17.8 Å². The molecule has 27 heavy (non-hydrogen) atoms. The molecule has 2 aromatic rings. The van der Waals surface area contributed by atoms with E-state index < -0.39 is 0 Å². The lowest BCUT2D eigenvalue weighted by atomic mass is 9.90. The molecule has 4 rings (SSSR count). The summed E-state index contributed by atoms with van der Waals surface area (Å²) >= 11 is 0. The van der Waals surface area contributed by atoms with Crippen molar-refractivity contribution in [1.29, 1.82) is 0 Å². The Hall–Kier alpha value is -2.27. The number of benzene rings is 1. The highest BCUT2D eigenvalue weighted by Gasteiger charge is 2.58. The number of hydrogen-bond acceptors (Lipinski definition) is 4. The Morgan fingerprint density at radius 2 is 2.15 bits per heavy atom. The summed E-state index contributed by atoms with van der Waals surface area (Å²) in [5, 5.41) is 3.14. The van der Waals surface area contributed by atoms with Crippen molar-refractivity contribution < 1.29 is 13.9 Å². The monoisotopic (exact) mass is 368 g/mol. The van der Waals surface area contributed by atoms with Crippen molar-refractivity contribution in [3.05, 3.63) is 54.0 Å². The third kappa shape index (κ3) is 4.19. The maximum Gasteiger partial charge on any atom is 0.223 e. The highest BCUT2D eigenvalue weighted by molar-refractivity contribution is 5.82. The molecule has 1 aromatic carbocycles. The third-order valence-electron chi connectivity index (χ3n) is 6.16. The highest BCUT2D eigenvalue weighted by Crippen LogP contribution is 2.59. The van der Waals surface area contributed by atoms with Crippen LogP contribution in [0.5, 0.6) is 5.75 Å². The SMILES string of the molecule is COc1cccc(CCNC(=O)C2CC23CCN(Cc2ccco2)CC3)c1. The van der Waals surface area contributed by atoms with Gasteiger partial charge in [0.05, 0.1) is 19.9 Å². The standard InChI is InChI=1S/C22H28N2O3/c1-26-18-5-2-4-17(14-18)7-10-23-21(25)20-15-22(20)8-11-24(12-9-22)16-19-6-3-13-27-19/h2-6,13-14,20H,7-12,15-16H2,1H3,(H,23,25). The minimum absolute atomic E-state index is 0.202. The molecule has 1 spiro atoms. The summed E-state index contributed by atoms with van der Waals surface area (Å²) in [4.78, 5) is 15.0. The fourth-order valence-corrected chi connectivity index (χ4v) is 4.33. The number of amides is 1. The lowest BCUT2D eigenvalue weighted by Gasteiger charge is -2.32. The Morgan fingerprint density at radius 1 is 1.30 bits per heavy atom. The topological polar surface area (TPSA) is 54.7 Å². The number of nitrogens with zero attached hydrogens (tertiary/aromatic N) is 1. The van der Waals surface area contributed by atoms with Crippen molar-refractivity contribution in [2.24, 2.45) is 11.3 Å². The van der Waals surface area contributed by atoms with Crippen LogP contribution in [0.3, 0.4) is 0 Å². The first kappa shape index (κ1) is 18.1. The molecule has 1 aliphatic carbocycles. The first-order valence-corrected chi connectivity index (χ1v) is 9.84. The molecule has 1 saturated carbocycles. The van der Waals surface area contributed by atoms with Crippen molar-refractivity contribution in [1.82, 2.24) is 10.2 Å². The minimum atomic E-state index is 0.202. The highest BCUT2D eigenvalue weighted by atomic mass is 16.5. The number of likely N-dealkylation sites (tertiary alicyclic amines) is 1. The van der Waals surface area contributed by atoms with Crippen LogP contribution >= 0.6 is 0 Å². The van der Waals surface area contributed by atoms with E-state index in [1.165, 1.54) is 5.56 Å². The maximum absolute atomic E-state index is 12.6. The summed E-state index contributed by atoms with van der Waals surface area (Å²) in [5.74, 6) is 2.32. The normalized spacial score (nSPS) is 21.1. The summed E-state index contributed by atoms with van der Waals surface area (Å²) in [7, 11) is 1.67. The van der Waals surface area contributed by atoms with Gasteiger partial charge in [0.15, 0.2) is 0 Å². The van der Waals surface area contributed by atoms with Crippen molar-refractivity contribution in [3.63, 3.8) is 0 Å². The van der Waals surface area contributed by atoms with Gasteiger partial charge in [0.2, 0.25) is 5.91 Å². The molecule has 1 aromatic heterocycles. The van der Waals surface area contributed by atoms with E-state index in [1.807, 2.05) is 30.3 Å². The van der Waals surface area contributed by atoms with E-state index in [4.69, 9.17) is 9.15 Å². The van der Waals surface area contributed by atoms with E-state index in [9.17, 15) is 4.79 Å². The predicted molar refractivity (Wildman–Crippen MR) is 103 cm³/mol. The molecule has 5 heteroatoms. The van der Waals surface area contributed by atoms with Crippen LogP contribution < -0.4 is 10.1 Å². The Kier molecular flexibility index (Phi) is 5.21. The van der Waals surface area contributed by atoms with E-state index in [-0.39, 0.29) is 17.2 Å². The number of hydrogen-bond donors (Lipinski definition) is 1. The number of carbonyl (C=O) groups is 1. The van der Waals surface area contributed by atoms with Crippen molar-refractivity contribution in [2.75, 3.05) is 26.7 Å². The van der Waals surface area contributed by atoms with Gasteiger partial charge in [-0.25, -0.2) is 0 Å². The van der Waals surface area contributed by atoms with E-state index >= 15 is 0 Å². The Balaban J connectivity index is 1.20. The minimum Gasteiger partial charge on any atom is -0.497 e. The van der Waals surface area contributed by atoms with E-state index in [0.717, 1.165) is 56.8 Å². The molecule has 1 amide bonds. The Labute approximate surface area is 160 Å². The largest absolute Gasteiger partial charge is 0.497 e.